The smallest absolute Gasteiger partial charge is 0.249 e. The lowest BCUT2D eigenvalue weighted by atomic mass is 10.0. The highest BCUT2D eigenvalue weighted by Crippen LogP contribution is 2.23. The van der Waals surface area contributed by atoms with Gasteiger partial charge in [0.05, 0.1) is 0 Å². The first-order valence-corrected chi connectivity index (χ1v) is 8.96. The predicted octanol–water partition coefficient (Wildman–Crippen LogP) is 3.26. The van der Waals surface area contributed by atoms with Crippen LogP contribution in [0.15, 0.2) is 42.0 Å². The molecule has 2 aliphatic rings. The lowest BCUT2D eigenvalue weighted by Crippen LogP contribution is -2.49. The first-order chi connectivity index (χ1) is 11.2. The minimum atomic E-state index is 0.295. The maximum atomic E-state index is 12.6. The van der Waals surface area contributed by atoms with Gasteiger partial charge in [0.2, 0.25) is 5.91 Å². The van der Waals surface area contributed by atoms with E-state index in [0.29, 0.717) is 11.9 Å². The van der Waals surface area contributed by atoms with E-state index in [1.54, 1.807) is 0 Å². The second kappa shape index (κ2) is 7.78. The van der Waals surface area contributed by atoms with Crippen LogP contribution in [0, 0.1) is 0 Å². The number of likely N-dealkylation sites (tertiary alicyclic amines) is 1. The normalized spacial score (nSPS) is 21.6. The van der Waals surface area contributed by atoms with Crippen molar-refractivity contribution in [2.24, 2.45) is 0 Å². The number of likely N-dealkylation sites (N-methyl/N-ethyl adjacent to an activating group) is 1. The second-order valence-corrected chi connectivity index (χ2v) is 6.89. The fraction of sp³-hybridized carbons (Fsp3) is 0.550. The fourth-order valence-corrected chi connectivity index (χ4v) is 3.70. The maximum absolute atomic E-state index is 12.6. The zero-order chi connectivity index (χ0) is 16.1. The van der Waals surface area contributed by atoms with Crippen molar-refractivity contribution >= 4 is 5.91 Å². The van der Waals surface area contributed by atoms with Crippen LogP contribution in [0.1, 0.15) is 37.7 Å². The van der Waals surface area contributed by atoms with E-state index in [-0.39, 0.29) is 0 Å². The number of carbonyl (C=O) groups excluding carboxylic acids is 1. The number of hydrogen-bond acceptors (Lipinski definition) is 2. The molecule has 1 aromatic carbocycles. The van der Waals surface area contributed by atoms with Crippen molar-refractivity contribution in [1.29, 1.82) is 0 Å². The van der Waals surface area contributed by atoms with E-state index < -0.39 is 0 Å². The molecule has 0 N–H and O–H groups in total. The van der Waals surface area contributed by atoms with Gasteiger partial charge in [-0.1, -0.05) is 36.4 Å². The minimum Gasteiger partial charge on any atom is -0.337 e. The Morgan fingerprint density at radius 3 is 2.83 bits per heavy atom. The summed E-state index contributed by atoms with van der Waals surface area (Å²) < 4.78 is 0. The van der Waals surface area contributed by atoms with Crippen molar-refractivity contribution in [2.45, 2.75) is 44.6 Å². The molecule has 1 saturated heterocycles. The average molecular weight is 312 g/mol. The molecule has 0 bridgehead atoms. The molecule has 1 aliphatic heterocycles. The standard InChI is InChI=1S/C20H28N2O/c1-21(15-13-17-8-3-2-4-9-17)19-12-7-14-22(16-19)20(23)18-10-5-6-11-18/h2-4,8-10,19H,5-7,11-16H2,1H3. The van der Waals surface area contributed by atoms with Crippen molar-refractivity contribution in [3.8, 4) is 0 Å². The molecular weight excluding hydrogens is 284 g/mol. The Hall–Kier alpha value is -1.61. The van der Waals surface area contributed by atoms with Gasteiger partial charge in [-0.2, -0.15) is 0 Å². The summed E-state index contributed by atoms with van der Waals surface area (Å²) in [6.07, 6.45) is 8.75. The number of allylic oxidation sites excluding steroid dienone is 1. The summed E-state index contributed by atoms with van der Waals surface area (Å²) >= 11 is 0. The van der Waals surface area contributed by atoms with E-state index in [1.165, 1.54) is 12.0 Å². The lowest BCUT2D eigenvalue weighted by Gasteiger charge is -2.38. The predicted molar refractivity (Wildman–Crippen MR) is 94.3 cm³/mol. The van der Waals surface area contributed by atoms with Crippen LogP contribution in [-0.4, -0.2) is 48.4 Å². The summed E-state index contributed by atoms with van der Waals surface area (Å²) in [6, 6.07) is 11.2. The minimum absolute atomic E-state index is 0.295. The first-order valence-electron chi connectivity index (χ1n) is 8.96. The molecule has 3 heteroatoms. The second-order valence-electron chi connectivity index (χ2n) is 6.89. The van der Waals surface area contributed by atoms with Crippen LogP contribution in [0.2, 0.25) is 0 Å². The van der Waals surface area contributed by atoms with Gasteiger partial charge in [-0.05, 0) is 51.1 Å². The van der Waals surface area contributed by atoms with E-state index in [1.807, 2.05) is 0 Å². The van der Waals surface area contributed by atoms with Gasteiger partial charge in [0.15, 0.2) is 0 Å². The summed E-state index contributed by atoms with van der Waals surface area (Å²) in [4.78, 5) is 17.1. The SMILES string of the molecule is CN(CCc1ccccc1)C1CCCN(C(=O)C2=CCCC2)C1. The Morgan fingerprint density at radius 2 is 2.09 bits per heavy atom. The molecular formula is C20H28N2O. The molecule has 1 unspecified atom stereocenters. The van der Waals surface area contributed by atoms with Crippen molar-refractivity contribution in [3.05, 3.63) is 47.5 Å². The number of piperidine rings is 1. The van der Waals surface area contributed by atoms with Gasteiger partial charge in [0.25, 0.3) is 0 Å². The van der Waals surface area contributed by atoms with Crippen molar-refractivity contribution < 1.29 is 4.79 Å². The Kier molecular flexibility index (Phi) is 5.50. The summed E-state index contributed by atoms with van der Waals surface area (Å²) in [5.41, 5.74) is 2.44. The van der Waals surface area contributed by atoms with Crippen molar-refractivity contribution in [2.75, 3.05) is 26.7 Å². The van der Waals surface area contributed by atoms with E-state index in [0.717, 1.165) is 57.3 Å². The number of benzene rings is 1. The molecule has 0 saturated carbocycles. The fourth-order valence-electron chi connectivity index (χ4n) is 3.70. The zero-order valence-electron chi connectivity index (χ0n) is 14.2. The molecule has 0 spiro atoms. The van der Waals surface area contributed by atoms with Crippen LogP contribution < -0.4 is 0 Å². The van der Waals surface area contributed by atoms with Crippen molar-refractivity contribution in [1.82, 2.24) is 9.80 Å². The van der Waals surface area contributed by atoms with Gasteiger partial charge in [-0.3, -0.25) is 4.79 Å². The Balaban J connectivity index is 1.52. The summed E-state index contributed by atoms with van der Waals surface area (Å²) in [5, 5.41) is 0. The van der Waals surface area contributed by atoms with E-state index in [4.69, 9.17) is 0 Å². The third-order valence-electron chi connectivity index (χ3n) is 5.22. The number of rotatable bonds is 5. The monoisotopic (exact) mass is 312 g/mol. The summed E-state index contributed by atoms with van der Waals surface area (Å²) in [7, 11) is 2.20. The molecule has 3 rings (SSSR count). The van der Waals surface area contributed by atoms with Gasteiger partial charge in [-0.25, -0.2) is 0 Å². The Labute approximate surface area is 140 Å². The van der Waals surface area contributed by atoms with Gasteiger partial charge < -0.3 is 9.80 Å². The molecule has 0 radical (unpaired) electrons. The Bertz CT molecular complexity index is 552. The number of carbonyl (C=O) groups is 1. The largest absolute Gasteiger partial charge is 0.337 e. The van der Waals surface area contributed by atoms with Gasteiger partial charge in [-0.15, -0.1) is 0 Å². The van der Waals surface area contributed by atoms with E-state index in [9.17, 15) is 4.79 Å². The number of amides is 1. The molecule has 124 valence electrons. The maximum Gasteiger partial charge on any atom is 0.249 e. The molecule has 23 heavy (non-hydrogen) atoms. The van der Waals surface area contributed by atoms with E-state index >= 15 is 0 Å². The van der Waals surface area contributed by atoms with Crippen LogP contribution in [0.25, 0.3) is 0 Å². The van der Waals surface area contributed by atoms with Gasteiger partial charge >= 0.3 is 0 Å². The Morgan fingerprint density at radius 1 is 1.26 bits per heavy atom. The topological polar surface area (TPSA) is 23.6 Å². The third-order valence-corrected chi connectivity index (χ3v) is 5.22. The highest BCUT2D eigenvalue weighted by Gasteiger charge is 2.28. The third kappa shape index (κ3) is 4.23. The van der Waals surface area contributed by atoms with Crippen LogP contribution in [0.5, 0.6) is 0 Å². The molecule has 1 aromatic rings. The highest BCUT2D eigenvalue weighted by molar-refractivity contribution is 5.93. The molecule has 3 nitrogen and oxygen atoms in total. The molecule has 1 aliphatic carbocycles. The quantitative estimate of drug-likeness (QED) is 0.833. The summed E-state index contributed by atoms with van der Waals surface area (Å²) in [6.45, 7) is 2.88. The summed E-state index contributed by atoms with van der Waals surface area (Å²) in [5.74, 6) is 0.295. The van der Waals surface area contributed by atoms with Crippen LogP contribution in [0.4, 0.5) is 0 Å². The lowest BCUT2D eigenvalue weighted by molar-refractivity contribution is -0.129. The van der Waals surface area contributed by atoms with Gasteiger partial charge in [0.1, 0.15) is 0 Å². The molecule has 1 fully saturated rings. The first kappa shape index (κ1) is 16.3. The number of hydrogen-bond donors (Lipinski definition) is 0. The average Bonchev–Trinajstić information content (AvgIpc) is 3.14. The molecule has 1 amide bonds. The molecule has 0 aromatic heterocycles. The number of nitrogens with zero attached hydrogens (tertiary/aromatic N) is 2. The highest BCUT2D eigenvalue weighted by atomic mass is 16.2. The van der Waals surface area contributed by atoms with Crippen LogP contribution >= 0.6 is 0 Å². The van der Waals surface area contributed by atoms with Crippen molar-refractivity contribution in [3.63, 3.8) is 0 Å². The van der Waals surface area contributed by atoms with E-state index in [2.05, 4.69) is 53.3 Å². The van der Waals surface area contributed by atoms with Crippen LogP contribution in [-0.2, 0) is 11.2 Å². The zero-order valence-corrected chi connectivity index (χ0v) is 14.2. The molecule has 1 heterocycles. The van der Waals surface area contributed by atoms with Gasteiger partial charge in [0, 0.05) is 31.2 Å². The van der Waals surface area contributed by atoms with Crippen LogP contribution in [0.3, 0.4) is 0 Å². The molecule has 1 atom stereocenters.